The van der Waals surface area contributed by atoms with Crippen molar-refractivity contribution in [3.63, 3.8) is 0 Å². The Bertz CT molecular complexity index is 1360. The Morgan fingerprint density at radius 3 is 2.03 bits per heavy atom. The van der Waals surface area contributed by atoms with Gasteiger partial charge in [-0.25, -0.2) is 8.42 Å². The monoisotopic (exact) mass is 535 g/mol. The van der Waals surface area contributed by atoms with Crippen LogP contribution in [0.5, 0.6) is 0 Å². The van der Waals surface area contributed by atoms with E-state index in [1.807, 2.05) is 51.1 Å². The number of anilines is 1. The first-order chi connectivity index (χ1) is 18.1. The van der Waals surface area contributed by atoms with E-state index in [9.17, 15) is 18.0 Å². The molecule has 1 N–H and O–H groups in total. The number of benzene rings is 3. The summed E-state index contributed by atoms with van der Waals surface area (Å²) in [6.07, 6.45) is 0.751. The van der Waals surface area contributed by atoms with E-state index in [-0.39, 0.29) is 23.4 Å². The van der Waals surface area contributed by atoms with E-state index in [4.69, 9.17) is 0 Å². The van der Waals surface area contributed by atoms with E-state index in [0.717, 1.165) is 21.9 Å². The van der Waals surface area contributed by atoms with E-state index in [1.165, 1.54) is 17.0 Å². The molecule has 8 heteroatoms. The van der Waals surface area contributed by atoms with Crippen molar-refractivity contribution in [1.82, 2.24) is 10.2 Å². The molecular formula is C30H37N3O4S. The molecule has 0 radical (unpaired) electrons. The SMILES string of the molecule is CC[C@@H](C)NC(=O)[C@H](C)N(Cc1ccccc1C)C(=O)CN(c1ccccc1C)S(=O)(=O)c1ccccc1. The van der Waals surface area contributed by atoms with Crippen molar-refractivity contribution < 1.29 is 18.0 Å². The third-order valence-electron chi connectivity index (χ3n) is 6.76. The maximum Gasteiger partial charge on any atom is 0.264 e. The molecule has 3 aromatic carbocycles. The summed E-state index contributed by atoms with van der Waals surface area (Å²) >= 11 is 0. The lowest BCUT2D eigenvalue weighted by Crippen LogP contribution is -2.52. The van der Waals surface area contributed by atoms with Crippen LogP contribution in [-0.2, 0) is 26.2 Å². The highest BCUT2D eigenvalue weighted by atomic mass is 32.2. The molecule has 0 spiro atoms. The molecule has 0 bridgehead atoms. The molecule has 0 heterocycles. The lowest BCUT2D eigenvalue weighted by atomic mass is 10.1. The van der Waals surface area contributed by atoms with Crippen molar-refractivity contribution in [2.24, 2.45) is 0 Å². The van der Waals surface area contributed by atoms with Crippen LogP contribution >= 0.6 is 0 Å². The van der Waals surface area contributed by atoms with Crippen molar-refractivity contribution in [2.75, 3.05) is 10.8 Å². The average Bonchev–Trinajstić information content (AvgIpc) is 2.91. The highest BCUT2D eigenvalue weighted by molar-refractivity contribution is 7.92. The van der Waals surface area contributed by atoms with E-state index < -0.39 is 28.5 Å². The summed E-state index contributed by atoms with van der Waals surface area (Å²) in [5.74, 6) is -0.752. The Morgan fingerprint density at radius 2 is 1.42 bits per heavy atom. The van der Waals surface area contributed by atoms with Crippen molar-refractivity contribution >= 4 is 27.5 Å². The standard InChI is InChI=1S/C30H37N3O4S/c1-6-24(4)31-30(35)25(5)32(20-26-16-12-10-14-22(26)2)29(34)21-33(28-19-13-11-15-23(28)3)38(36,37)27-17-8-7-9-18-27/h7-19,24-25H,6,20-21H2,1-5H3,(H,31,35)/t24-,25+/m1/s1. The summed E-state index contributed by atoms with van der Waals surface area (Å²) in [5, 5.41) is 2.95. The lowest BCUT2D eigenvalue weighted by Gasteiger charge is -2.33. The Labute approximate surface area is 226 Å². The van der Waals surface area contributed by atoms with Gasteiger partial charge in [0.15, 0.2) is 0 Å². The number of para-hydroxylation sites is 1. The quantitative estimate of drug-likeness (QED) is 0.381. The Kier molecular flexibility index (Phi) is 9.69. The Hall–Kier alpha value is -3.65. The van der Waals surface area contributed by atoms with E-state index in [1.54, 1.807) is 50.2 Å². The van der Waals surface area contributed by atoms with Crippen LogP contribution in [0, 0.1) is 13.8 Å². The van der Waals surface area contributed by atoms with Crippen LogP contribution in [0.1, 0.15) is 43.9 Å². The largest absolute Gasteiger partial charge is 0.352 e. The van der Waals surface area contributed by atoms with Gasteiger partial charge in [-0.15, -0.1) is 0 Å². The number of amides is 2. The first-order valence-electron chi connectivity index (χ1n) is 12.8. The third-order valence-corrected chi connectivity index (χ3v) is 8.54. The summed E-state index contributed by atoms with van der Waals surface area (Å²) in [7, 11) is -4.07. The molecule has 0 saturated carbocycles. The zero-order valence-electron chi connectivity index (χ0n) is 22.7. The summed E-state index contributed by atoms with van der Waals surface area (Å²) in [5.41, 5.74) is 3.00. The molecule has 0 aliphatic heterocycles. The average molecular weight is 536 g/mol. The number of carbonyl (C=O) groups is 2. The van der Waals surface area contributed by atoms with Gasteiger partial charge in [0, 0.05) is 12.6 Å². The predicted octanol–water partition coefficient (Wildman–Crippen LogP) is 4.83. The molecule has 2 amide bonds. The number of aryl methyl sites for hydroxylation is 2. The lowest BCUT2D eigenvalue weighted by molar-refractivity contribution is -0.139. The number of sulfonamides is 1. The van der Waals surface area contributed by atoms with Gasteiger partial charge in [0.2, 0.25) is 11.8 Å². The molecule has 0 aliphatic rings. The predicted molar refractivity (Wildman–Crippen MR) is 151 cm³/mol. The Morgan fingerprint density at radius 1 is 0.842 bits per heavy atom. The maximum atomic E-state index is 14.0. The van der Waals surface area contributed by atoms with Gasteiger partial charge in [-0.3, -0.25) is 13.9 Å². The van der Waals surface area contributed by atoms with Crippen molar-refractivity contribution in [2.45, 2.75) is 64.6 Å². The first-order valence-corrected chi connectivity index (χ1v) is 14.3. The van der Waals surface area contributed by atoms with Crippen molar-refractivity contribution in [1.29, 1.82) is 0 Å². The fraction of sp³-hybridized carbons (Fsp3) is 0.333. The molecule has 202 valence electrons. The van der Waals surface area contributed by atoms with Crippen LogP contribution in [-0.4, -0.2) is 43.8 Å². The summed E-state index contributed by atoms with van der Waals surface area (Å²) < 4.78 is 28.8. The molecule has 0 fully saturated rings. The minimum atomic E-state index is -4.07. The van der Waals surface area contributed by atoms with Gasteiger partial charge in [-0.1, -0.05) is 67.6 Å². The number of hydrogen-bond donors (Lipinski definition) is 1. The van der Waals surface area contributed by atoms with Gasteiger partial charge in [0.05, 0.1) is 10.6 Å². The van der Waals surface area contributed by atoms with Crippen LogP contribution in [0.25, 0.3) is 0 Å². The molecule has 38 heavy (non-hydrogen) atoms. The van der Waals surface area contributed by atoms with Crippen LogP contribution in [0.4, 0.5) is 5.69 Å². The molecular weight excluding hydrogens is 498 g/mol. The van der Waals surface area contributed by atoms with Crippen LogP contribution in [0.2, 0.25) is 0 Å². The normalized spacial score (nSPS) is 12.9. The maximum absolute atomic E-state index is 14.0. The number of carbonyl (C=O) groups excluding carboxylic acids is 2. The second-order valence-electron chi connectivity index (χ2n) is 9.55. The van der Waals surface area contributed by atoms with E-state index >= 15 is 0 Å². The van der Waals surface area contributed by atoms with Crippen molar-refractivity contribution in [3.05, 3.63) is 95.6 Å². The number of nitrogens with zero attached hydrogens (tertiary/aromatic N) is 2. The topological polar surface area (TPSA) is 86.8 Å². The van der Waals surface area contributed by atoms with Gasteiger partial charge < -0.3 is 10.2 Å². The van der Waals surface area contributed by atoms with Crippen molar-refractivity contribution in [3.8, 4) is 0 Å². The van der Waals surface area contributed by atoms with Gasteiger partial charge >= 0.3 is 0 Å². The highest BCUT2D eigenvalue weighted by Crippen LogP contribution is 2.27. The summed E-state index contributed by atoms with van der Waals surface area (Å²) in [4.78, 5) is 28.6. The fourth-order valence-corrected chi connectivity index (χ4v) is 5.60. The molecule has 7 nitrogen and oxygen atoms in total. The zero-order chi connectivity index (χ0) is 27.9. The van der Waals surface area contributed by atoms with Gasteiger partial charge in [0.1, 0.15) is 12.6 Å². The molecule has 0 saturated heterocycles. The Balaban J connectivity index is 2.04. The van der Waals surface area contributed by atoms with Crippen LogP contribution < -0.4 is 9.62 Å². The third kappa shape index (κ3) is 6.81. The van der Waals surface area contributed by atoms with Crippen LogP contribution in [0.15, 0.2) is 83.8 Å². The smallest absolute Gasteiger partial charge is 0.264 e. The second kappa shape index (κ2) is 12.7. The van der Waals surface area contributed by atoms with Gasteiger partial charge in [-0.05, 0) is 69.0 Å². The molecule has 0 aliphatic carbocycles. The van der Waals surface area contributed by atoms with E-state index in [0.29, 0.717) is 11.3 Å². The van der Waals surface area contributed by atoms with Gasteiger partial charge in [-0.2, -0.15) is 0 Å². The number of hydrogen-bond acceptors (Lipinski definition) is 4. The molecule has 2 atom stereocenters. The zero-order valence-corrected chi connectivity index (χ0v) is 23.5. The number of nitrogens with one attached hydrogen (secondary N) is 1. The fourth-order valence-electron chi connectivity index (χ4n) is 4.10. The minimum absolute atomic E-state index is 0.0534. The summed E-state index contributed by atoms with van der Waals surface area (Å²) in [6, 6.07) is 21.9. The molecule has 0 unspecified atom stereocenters. The van der Waals surface area contributed by atoms with Crippen LogP contribution in [0.3, 0.4) is 0 Å². The first kappa shape index (κ1) is 28.9. The molecule has 3 rings (SSSR count). The summed E-state index contributed by atoms with van der Waals surface area (Å²) in [6.45, 7) is 9.03. The van der Waals surface area contributed by atoms with E-state index in [2.05, 4.69) is 5.32 Å². The highest BCUT2D eigenvalue weighted by Gasteiger charge is 2.33. The second-order valence-corrected chi connectivity index (χ2v) is 11.4. The molecule has 0 aromatic heterocycles. The van der Waals surface area contributed by atoms with Gasteiger partial charge in [0.25, 0.3) is 10.0 Å². The minimum Gasteiger partial charge on any atom is -0.352 e. The molecule has 3 aromatic rings. The number of rotatable bonds is 11.